The van der Waals surface area contributed by atoms with Crippen LogP contribution in [-0.2, 0) is 13.1 Å². The number of hydrogen-bond donors (Lipinski definition) is 0. The molecular formula is C13H15F2N3. The number of rotatable bonds is 5. The van der Waals surface area contributed by atoms with E-state index in [2.05, 4.69) is 4.98 Å². The third-order valence-electron chi connectivity index (χ3n) is 2.67. The fraction of sp³-hybridized carbons (Fsp3) is 0.308. The molecule has 96 valence electrons. The van der Waals surface area contributed by atoms with Crippen molar-refractivity contribution in [2.24, 2.45) is 0 Å². The Bertz CT molecular complexity index is 482. The molecule has 1 aromatic carbocycles. The van der Waals surface area contributed by atoms with Crippen LogP contribution in [0.5, 0.6) is 0 Å². The molecule has 0 saturated heterocycles. The Balaban J connectivity index is 1.99. The fourth-order valence-corrected chi connectivity index (χ4v) is 1.84. The van der Waals surface area contributed by atoms with E-state index >= 15 is 0 Å². The first-order valence-electron chi connectivity index (χ1n) is 5.69. The molecule has 1 heterocycles. The van der Waals surface area contributed by atoms with Crippen LogP contribution in [0.15, 0.2) is 42.7 Å². The van der Waals surface area contributed by atoms with Crippen LogP contribution < -0.4 is 0 Å². The third-order valence-corrected chi connectivity index (χ3v) is 2.67. The number of hydrogen-bond acceptors (Lipinski definition) is 2. The largest absolute Gasteiger partial charge is 0.319 e. The summed E-state index contributed by atoms with van der Waals surface area (Å²) in [7, 11) is 1.89. The summed E-state index contributed by atoms with van der Waals surface area (Å²) in [5, 5.41) is 0. The zero-order chi connectivity index (χ0) is 13.0. The molecule has 1 aromatic heterocycles. The van der Waals surface area contributed by atoms with Crippen molar-refractivity contribution >= 4 is 0 Å². The van der Waals surface area contributed by atoms with Crippen molar-refractivity contribution in [1.29, 1.82) is 0 Å². The van der Waals surface area contributed by atoms with Crippen molar-refractivity contribution in [2.45, 2.75) is 19.6 Å². The average Bonchev–Trinajstić information content (AvgIpc) is 2.78. The van der Waals surface area contributed by atoms with Gasteiger partial charge in [-0.1, -0.05) is 30.3 Å². The van der Waals surface area contributed by atoms with Gasteiger partial charge in [0.25, 0.3) is 0 Å². The molecule has 3 nitrogen and oxygen atoms in total. The summed E-state index contributed by atoms with van der Waals surface area (Å²) in [5.41, 5.74) is 1.15. The molecule has 0 bridgehead atoms. The Morgan fingerprint density at radius 1 is 1.22 bits per heavy atom. The lowest BCUT2D eigenvalue weighted by atomic mass is 10.2. The maximum atomic E-state index is 12.6. The Morgan fingerprint density at radius 2 is 1.94 bits per heavy atom. The van der Waals surface area contributed by atoms with Crippen molar-refractivity contribution < 1.29 is 8.78 Å². The first-order valence-corrected chi connectivity index (χ1v) is 5.69. The van der Waals surface area contributed by atoms with E-state index in [4.69, 9.17) is 0 Å². The SMILES string of the molecule is CN(Cc1ccccc1)Cc1nccn1C(F)F. The molecule has 18 heavy (non-hydrogen) atoms. The second-order valence-corrected chi connectivity index (χ2v) is 4.19. The van der Waals surface area contributed by atoms with E-state index < -0.39 is 6.55 Å². The van der Waals surface area contributed by atoms with Gasteiger partial charge in [-0.05, 0) is 12.6 Å². The molecule has 0 aliphatic heterocycles. The first kappa shape index (κ1) is 12.7. The number of halogens is 2. The standard InChI is InChI=1S/C13H15F2N3/c1-17(9-11-5-3-2-4-6-11)10-12-16-7-8-18(12)13(14)15/h2-8,13H,9-10H2,1H3. The lowest BCUT2D eigenvalue weighted by Crippen LogP contribution is -2.20. The topological polar surface area (TPSA) is 21.1 Å². The second kappa shape index (κ2) is 5.73. The first-order chi connectivity index (χ1) is 8.66. The van der Waals surface area contributed by atoms with Crippen LogP contribution in [0.2, 0.25) is 0 Å². The average molecular weight is 251 g/mol. The van der Waals surface area contributed by atoms with E-state index in [1.165, 1.54) is 12.4 Å². The van der Waals surface area contributed by atoms with Crippen LogP contribution >= 0.6 is 0 Å². The minimum atomic E-state index is -2.53. The summed E-state index contributed by atoms with van der Waals surface area (Å²) < 4.78 is 26.2. The molecule has 5 heteroatoms. The number of imidazole rings is 1. The van der Waals surface area contributed by atoms with E-state index in [1.54, 1.807) is 0 Å². The number of nitrogens with zero attached hydrogens (tertiary/aromatic N) is 3. The Hall–Kier alpha value is -1.75. The predicted octanol–water partition coefficient (Wildman–Crippen LogP) is 2.91. The van der Waals surface area contributed by atoms with Crippen LogP contribution in [0.25, 0.3) is 0 Å². The van der Waals surface area contributed by atoms with Crippen molar-refractivity contribution in [2.75, 3.05) is 7.05 Å². The smallest absolute Gasteiger partial charge is 0.295 e. The molecule has 0 fully saturated rings. The highest BCUT2D eigenvalue weighted by Gasteiger charge is 2.12. The van der Waals surface area contributed by atoms with Gasteiger partial charge in [-0.2, -0.15) is 8.78 Å². The van der Waals surface area contributed by atoms with Gasteiger partial charge in [-0.15, -0.1) is 0 Å². The Labute approximate surface area is 105 Å². The van der Waals surface area contributed by atoms with Crippen LogP contribution in [0.3, 0.4) is 0 Å². The van der Waals surface area contributed by atoms with Gasteiger partial charge >= 0.3 is 6.55 Å². The lowest BCUT2D eigenvalue weighted by Gasteiger charge is -2.17. The van der Waals surface area contributed by atoms with Gasteiger partial charge in [0.05, 0.1) is 6.54 Å². The van der Waals surface area contributed by atoms with Crippen molar-refractivity contribution in [3.05, 3.63) is 54.1 Å². The predicted molar refractivity (Wildman–Crippen MR) is 65.1 cm³/mol. The molecule has 0 aliphatic rings. The number of aromatic nitrogens is 2. The molecule has 0 radical (unpaired) electrons. The summed E-state index contributed by atoms with van der Waals surface area (Å²) in [4.78, 5) is 5.92. The van der Waals surface area contributed by atoms with Gasteiger partial charge in [0.15, 0.2) is 0 Å². The van der Waals surface area contributed by atoms with Crippen LogP contribution in [0.4, 0.5) is 8.78 Å². The van der Waals surface area contributed by atoms with Crippen molar-refractivity contribution in [3.8, 4) is 0 Å². The van der Waals surface area contributed by atoms with E-state index in [-0.39, 0.29) is 0 Å². The molecule has 0 atom stereocenters. The van der Waals surface area contributed by atoms with Gasteiger partial charge < -0.3 is 0 Å². The maximum absolute atomic E-state index is 12.6. The zero-order valence-corrected chi connectivity index (χ0v) is 10.1. The summed E-state index contributed by atoms with van der Waals surface area (Å²) in [5.74, 6) is 0.378. The van der Waals surface area contributed by atoms with E-state index in [0.29, 0.717) is 18.9 Å². The number of benzene rings is 1. The zero-order valence-electron chi connectivity index (χ0n) is 10.1. The van der Waals surface area contributed by atoms with Gasteiger partial charge in [0.1, 0.15) is 5.82 Å². The Kier molecular flexibility index (Phi) is 4.04. The van der Waals surface area contributed by atoms with Gasteiger partial charge in [0.2, 0.25) is 0 Å². The third kappa shape index (κ3) is 3.13. The maximum Gasteiger partial charge on any atom is 0.319 e. The summed E-state index contributed by atoms with van der Waals surface area (Å²) >= 11 is 0. The summed E-state index contributed by atoms with van der Waals surface area (Å²) in [6.07, 6.45) is 2.70. The highest BCUT2D eigenvalue weighted by atomic mass is 19.3. The van der Waals surface area contributed by atoms with E-state index in [0.717, 1.165) is 10.1 Å². The summed E-state index contributed by atoms with van der Waals surface area (Å²) in [6, 6.07) is 9.89. The quantitative estimate of drug-likeness (QED) is 0.814. The summed E-state index contributed by atoms with van der Waals surface area (Å²) in [6.45, 7) is -1.43. The van der Waals surface area contributed by atoms with Gasteiger partial charge in [0, 0.05) is 18.9 Å². The van der Waals surface area contributed by atoms with Crippen LogP contribution in [0, 0.1) is 0 Å². The monoisotopic (exact) mass is 251 g/mol. The molecule has 0 aliphatic carbocycles. The highest BCUT2D eigenvalue weighted by molar-refractivity contribution is 5.14. The van der Waals surface area contributed by atoms with Crippen molar-refractivity contribution in [3.63, 3.8) is 0 Å². The highest BCUT2D eigenvalue weighted by Crippen LogP contribution is 2.14. The van der Waals surface area contributed by atoms with E-state index in [1.807, 2.05) is 42.3 Å². The normalized spacial score (nSPS) is 11.4. The van der Waals surface area contributed by atoms with Gasteiger partial charge in [-0.25, -0.2) is 4.98 Å². The minimum Gasteiger partial charge on any atom is -0.295 e. The Morgan fingerprint density at radius 3 is 2.61 bits per heavy atom. The van der Waals surface area contributed by atoms with Crippen LogP contribution in [-0.4, -0.2) is 21.5 Å². The van der Waals surface area contributed by atoms with Gasteiger partial charge in [-0.3, -0.25) is 9.47 Å². The molecule has 0 N–H and O–H groups in total. The molecule has 0 amide bonds. The van der Waals surface area contributed by atoms with E-state index in [9.17, 15) is 8.78 Å². The van der Waals surface area contributed by atoms with Crippen LogP contribution in [0.1, 0.15) is 17.9 Å². The lowest BCUT2D eigenvalue weighted by molar-refractivity contribution is 0.0644. The molecule has 2 aromatic rings. The van der Waals surface area contributed by atoms with Crippen molar-refractivity contribution in [1.82, 2.24) is 14.5 Å². The molecule has 0 saturated carbocycles. The fourth-order valence-electron chi connectivity index (χ4n) is 1.84. The molecule has 2 rings (SSSR count). The molecule has 0 unspecified atom stereocenters. The number of alkyl halides is 2. The molecular weight excluding hydrogens is 236 g/mol. The minimum absolute atomic E-state index is 0.378. The second-order valence-electron chi connectivity index (χ2n) is 4.19. The molecule has 0 spiro atoms.